The number of hydrogen-bond donors (Lipinski definition) is 1. The minimum atomic E-state index is -4.39. The molecular weight excluding hydrogens is 492 g/mol. The summed E-state index contributed by atoms with van der Waals surface area (Å²) >= 11 is 0. The van der Waals surface area contributed by atoms with Crippen LogP contribution in [0, 0.1) is 0 Å². The highest BCUT2D eigenvalue weighted by atomic mass is 32.2. The van der Waals surface area contributed by atoms with Gasteiger partial charge in [-0.15, -0.1) is 0 Å². The van der Waals surface area contributed by atoms with Gasteiger partial charge in [-0.3, -0.25) is 14.1 Å². The van der Waals surface area contributed by atoms with Crippen LogP contribution in [-0.2, 0) is 25.2 Å². The minimum absolute atomic E-state index is 0.188. The van der Waals surface area contributed by atoms with Crippen LogP contribution in [0.1, 0.15) is 5.56 Å². The highest BCUT2D eigenvalue weighted by Crippen LogP contribution is 2.42. The van der Waals surface area contributed by atoms with Crippen molar-refractivity contribution in [3.63, 3.8) is 0 Å². The summed E-state index contributed by atoms with van der Waals surface area (Å²) in [5.74, 6) is -1.26. The van der Waals surface area contributed by atoms with Gasteiger partial charge >= 0.3 is 0 Å². The molecular formula is C27H20N4O5S. The molecule has 0 aliphatic carbocycles. The molecule has 0 radical (unpaired) electrons. The van der Waals surface area contributed by atoms with Gasteiger partial charge in [-0.25, -0.2) is 10.0 Å². The van der Waals surface area contributed by atoms with Crippen molar-refractivity contribution in [2.24, 2.45) is 10.2 Å². The summed E-state index contributed by atoms with van der Waals surface area (Å²) in [4.78, 5) is 28.1. The largest absolute Gasteiger partial charge is 0.294 e. The number of nitrogens with zero attached hydrogens (tertiary/aromatic N) is 4. The highest BCUT2D eigenvalue weighted by molar-refractivity contribution is 7.85. The Labute approximate surface area is 213 Å². The zero-order chi connectivity index (χ0) is 26.0. The van der Waals surface area contributed by atoms with E-state index in [-0.39, 0.29) is 10.6 Å². The molecule has 0 spiro atoms. The Morgan fingerprint density at radius 2 is 1.05 bits per heavy atom. The second-order valence-corrected chi connectivity index (χ2v) is 9.57. The Kier molecular flexibility index (Phi) is 6.12. The molecule has 0 saturated carbocycles. The van der Waals surface area contributed by atoms with E-state index in [1.165, 1.54) is 22.2 Å². The van der Waals surface area contributed by atoms with Crippen molar-refractivity contribution in [2.45, 2.75) is 10.4 Å². The molecule has 1 N–H and O–H groups in total. The Balaban J connectivity index is 1.69. The summed E-state index contributed by atoms with van der Waals surface area (Å²) in [5.41, 5.74) is -0.602. The highest BCUT2D eigenvalue weighted by Gasteiger charge is 2.61. The van der Waals surface area contributed by atoms with E-state index in [0.29, 0.717) is 16.9 Å². The maximum absolute atomic E-state index is 14.2. The molecule has 1 heterocycles. The molecule has 9 nitrogen and oxygen atoms in total. The van der Waals surface area contributed by atoms with Crippen LogP contribution in [0.5, 0.6) is 0 Å². The summed E-state index contributed by atoms with van der Waals surface area (Å²) in [6.07, 6.45) is 0. The van der Waals surface area contributed by atoms with Crippen LogP contribution >= 0.6 is 0 Å². The van der Waals surface area contributed by atoms with E-state index >= 15 is 0 Å². The maximum Gasteiger partial charge on any atom is 0.294 e. The van der Waals surface area contributed by atoms with Crippen LogP contribution in [-0.4, -0.2) is 24.8 Å². The Morgan fingerprint density at radius 1 is 0.622 bits per heavy atom. The molecule has 0 bridgehead atoms. The number of anilines is 2. The third-order valence-corrected chi connectivity index (χ3v) is 6.71. The van der Waals surface area contributed by atoms with E-state index in [4.69, 9.17) is 0 Å². The molecule has 5 rings (SSSR count). The number of rotatable bonds is 6. The van der Waals surface area contributed by atoms with Crippen molar-refractivity contribution in [3.05, 3.63) is 121 Å². The van der Waals surface area contributed by atoms with Gasteiger partial charge in [-0.05, 0) is 48.5 Å². The van der Waals surface area contributed by atoms with E-state index in [1.807, 2.05) is 0 Å². The zero-order valence-electron chi connectivity index (χ0n) is 19.2. The lowest BCUT2D eigenvalue weighted by atomic mass is 9.89. The topological polar surface area (TPSA) is 120 Å². The van der Waals surface area contributed by atoms with E-state index in [0.717, 1.165) is 12.1 Å². The fourth-order valence-electron chi connectivity index (χ4n) is 4.07. The van der Waals surface area contributed by atoms with Crippen LogP contribution < -0.4 is 10.0 Å². The third-order valence-electron chi connectivity index (χ3n) is 5.85. The normalized spacial score (nSPS) is 15.5. The van der Waals surface area contributed by atoms with Crippen LogP contribution in [0.15, 0.2) is 130 Å². The van der Waals surface area contributed by atoms with Gasteiger partial charge in [0.15, 0.2) is 0 Å². The minimum Gasteiger partial charge on any atom is -0.282 e. The van der Waals surface area contributed by atoms with Gasteiger partial charge < -0.3 is 0 Å². The zero-order valence-corrected chi connectivity index (χ0v) is 20.1. The summed E-state index contributed by atoms with van der Waals surface area (Å²) in [5, 5.41) is 11.1. The maximum atomic E-state index is 14.2. The van der Waals surface area contributed by atoms with Crippen LogP contribution in [0.25, 0.3) is 0 Å². The van der Waals surface area contributed by atoms with Gasteiger partial charge in [0.25, 0.3) is 27.5 Å². The average molecular weight is 513 g/mol. The Morgan fingerprint density at radius 3 is 1.49 bits per heavy atom. The molecule has 0 atom stereocenters. The van der Waals surface area contributed by atoms with E-state index in [2.05, 4.69) is 10.2 Å². The Bertz CT molecular complexity index is 1520. The van der Waals surface area contributed by atoms with Crippen molar-refractivity contribution in [3.8, 4) is 0 Å². The van der Waals surface area contributed by atoms with Crippen LogP contribution in [0.4, 0.5) is 17.1 Å². The van der Waals surface area contributed by atoms with Gasteiger partial charge in [0.05, 0.1) is 22.0 Å². The van der Waals surface area contributed by atoms with Crippen molar-refractivity contribution in [1.29, 1.82) is 0 Å². The number of carbonyl (C=O) groups is 2. The van der Waals surface area contributed by atoms with E-state index < -0.39 is 27.5 Å². The molecule has 37 heavy (non-hydrogen) atoms. The van der Waals surface area contributed by atoms with Crippen molar-refractivity contribution in [2.75, 3.05) is 10.0 Å². The molecule has 2 amide bonds. The predicted molar refractivity (Wildman–Crippen MR) is 137 cm³/mol. The first kappa shape index (κ1) is 24.0. The van der Waals surface area contributed by atoms with Gasteiger partial charge in [0.2, 0.25) is 0 Å². The summed E-state index contributed by atoms with van der Waals surface area (Å²) in [6.45, 7) is 0. The average Bonchev–Trinajstić information content (AvgIpc) is 3.15. The molecule has 1 fully saturated rings. The van der Waals surface area contributed by atoms with Crippen LogP contribution in [0.3, 0.4) is 0 Å². The lowest BCUT2D eigenvalue weighted by Crippen LogP contribution is -2.41. The second-order valence-electron chi connectivity index (χ2n) is 8.15. The number of benzene rings is 4. The number of hydrazine groups is 1. The first-order valence-corrected chi connectivity index (χ1v) is 12.6. The van der Waals surface area contributed by atoms with Crippen LogP contribution in [0.2, 0.25) is 0 Å². The smallest absolute Gasteiger partial charge is 0.282 e. The van der Waals surface area contributed by atoms with E-state index in [9.17, 15) is 22.6 Å². The summed E-state index contributed by atoms with van der Waals surface area (Å²) < 4.78 is 32.0. The Hall–Kier alpha value is -4.67. The fourth-order valence-corrected chi connectivity index (χ4v) is 4.55. The molecule has 4 aromatic rings. The van der Waals surface area contributed by atoms with E-state index in [1.54, 1.807) is 91.0 Å². The van der Waals surface area contributed by atoms with Gasteiger partial charge in [-0.2, -0.15) is 18.6 Å². The van der Waals surface area contributed by atoms with Crippen molar-refractivity contribution < 1.29 is 22.6 Å². The molecule has 1 saturated heterocycles. The fraction of sp³-hybridized carbons (Fsp3) is 0.0370. The molecule has 0 unspecified atom stereocenters. The second kappa shape index (κ2) is 9.41. The summed E-state index contributed by atoms with van der Waals surface area (Å²) in [6, 6.07) is 30.9. The molecule has 1 aliphatic rings. The van der Waals surface area contributed by atoms with Gasteiger partial charge in [0, 0.05) is 5.56 Å². The summed E-state index contributed by atoms with van der Waals surface area (Å²) in [7, 11) is -4.39. The number of hydrogen-bond acceptors (Lipinski definition) is 6. The van der Waals surface area contributed by atoms with Gasteiger partial charge in [0.1, 0.15) is 0 Å². The van der Waals surface area contributed by atoms with Crippen molar-refractivity contribution in [1.82, 2.24) is 0 Å². The molecule has 184 valence electrons. The first-order valence-electron chi connectivity index (χ1n) is 11.2. The quantitative estimate of drug-likeness (QED) is 0.224. The molecule has 10 heteroatoms. The third kappa shape index (κ3) is 4.28. The van der Waals surface area contributed by atoms with Crippen molar-refractivity contribution >= 4 is 39.0 Å². The SMILES string of the molecule is O=C1N(c2ccccc2)N(c2ccccc2)C(=O)C1(N=Nc1ccc(S(=O)(=O)O)cc1)c1ccccc1. The number of amides is 2. The number of para-hydroxylation sites is 2. The standard InChI is InChI=1S/C27H20N4O5S/c32-25-27(20-10-4-1-5-11-20,29-28-21-16-18-24(19-17-21)37(34,35)36)26(33)31(23-14-8-3-9-15-23)30(25)22-12-6-2-7-13-22/h1-19H,(H,34,35,36). The number of azo groups is 1. The predicted octanol–water partition coefficient (Wildman–Crippen LogP) is 4.91. The lowest BCUT2D eigenvalue weighted by Gasteiger charge is -2.27. The molecule has 1 aliphatic heterocycles. The first-order chi connectivity index (χ1) is 17.8. The molecule has 4 aromatic carbocycles. The monoisotopic (exact) mass is 512 g/mol. The van der Waals surface area contributed by atoms with Gasteiger partial charge in [-0.1, -0.05) is 66.7 Å². The lowest BCUT2D eigenvalue weighted by molar-refractivity contribution is -0.129. The molecule has 0 aromatic heterocycles. The number of carbonyl (C=O) groups excluding carboxylic acids is 2.